The minimum Gasteiger partial charge on any atom is -0.497 e. The summed E-state index contributed by atoms with van der Waals surface area (Å²) in [6, 6.07) is 19.2. The van der Waals surface area contributed by atoms with Gasteiger partial charge >= 0.3 is 0 Å². The normalized spacial score (nSPS) is 11.9. The molecular formula is C23H13NO4. The number of rotatable bonds is 3. The lowest BCUT2D eigenvalue weighted by Crippen LogP contribution is -2.02. The van der Waals surface area contributed by atoms with Crippen molar-refractivity contribution in [3.63, 3.8) is 0 Å². The minimum atomic E-state index is -0.209. The summed E-state index contributed by atoms with van der Waals surface area (Å²) in [5, 5.41) is 8.89. The highest BCUT2D eigenvalue weighted by atomic mass is 16.5. The maximum Gasteiger partial charge on any atom is 0.215 e. The first-order valence-electron chi connectivity index (χ1n) is 8.89. The molecule has 0 amide bonds. The molecule has 6 aromatic rings. The third kappa shape index (κ3) is 1.90. The van der Waals surface area contributed by atoms with Crippen LogP contribution >= 0.6 is 0 Å². The fourth-order valence-electron chi connectivity index (χ4n) is 3.87. The number of ketones is 1. The molecule has 0 aliphatic carbocycles. The zero-order chi connectivity index (χ0) is 18.8. The maximum absolute atomic E-state index is 13.0. The highest BCUT2D eigenvalue weighted by molar-refractivity contribution is 6.30. The Bertz CT molecular complexity index is 1500. The van der Waals surface area contributed by atoms with Crippen molar-refractivity contribution in [2.75, 3.05) is 7.11 Å². The lowest BCUT2D eigenvalue weighted by Gasteiger charge is -2.01. The standard InChI is InChI=1S/C23H13NO4/c1-26-15-8-6-12(7-9-15)20(25)19-18-21-16-10-13-4-2-3-5-14(13)11-17(16)22(27-21)23(18)28-24-19/h2-11H,1H3. The van der Waals surface area contributed by atoms with Crippen molar-refractivity contribution in [2.45, 2.75) is 0 Å². The van der Waals surface area contributed by atoms with E-state index in [2.05, 4.69) is 29.4 Å². The molecule has 0 spiro atoms. The minimum absolute atomic E-state index is 0.209. The predicted molar refractivity (Wildman–Crippen MR) is 106 cm³/mol. The third-order valence-electron chi connectivity index (χ3n) is 5.27. The van der Waals surface area contributed by atoms with E-state index in [0.29, 0.717) is 33.4 Å². The first-order chi connectivity index (χ1) is 13.7. The van der Waals surface area contributed by atoms with Crippen LogP contribution in [0.5, 0.6) is 5.75 Å². The molecule has 0 aliphatic rings. The van der Waals surface area contributed by atoms with Gasteiger partial charge in [-0.2, -0.15) is 0 Å². The van der Waals surface area contributed by atoms with Crippen LogP contribution in [0.1, 0.15) is 16.1 Å². The lowest BCUT2D eigenvalue weighted by molar-refractivity contribution is 0.103. The quantitative estimate of drug-likeness (QED) is 0.303. The number of benzene rings is 4. The molecule has 28 heavy (non-hydrogen) atoms. The number of nitrogens with zero attached hydrogens (tertiary/aromatic N) is 1. The largest absolute Gasteiger partial charge is 0.497 e. The fraction of sp³-hybridized carbons (Fsp3) is 0.0435. The highest BCUT2D eigenvalue weighted by Gasteiger charge is 2.28. The Kier molecular flexibility index (Phi) is 2.90. The monoisotopic (exact) mass is 367 g/mol. The molecule has 0 fully saturated rings. The van der Waals surface area contributed by atoms with Crippen molar-refractivity contribution < 1.29 is 18.5 Å². The number of hydrogen-bond acceptors (Lipinski definition) is 5. The van der Waals surface area contributed by atoms with Crippen molar-refractivity contribution >= 4 is 49.5 Å². The van der Waals surface area contributed by atoms with Crippen LogP contribution in [0.15, 0.2) is 69.6 Å². The molecule has 2 bridgehead atoms. The summed E-state index contributed by atoms with van der Waals surface area (Å²) in [6.45, 7) is 0. The SMILES string of the molecule is COc1ccc(C(=O)c2noc3c4oc(c5cc6ccccc6cc54)c23)cc1. The number of fused-ring (bicyclic) bond motifs is 9. The van der Waals surface area contributed by atoms with Crippen molar-refractivity contribution in [1.82, 2.24) is 5.16 Å². The van der Waals surface area contributed by atoms with Gasteiger partial charge in [-0.15, -0.1) is 0 Å². The Morgan fingerprint density at radius 3 is 2.25 bits per heavy atom. The van der Waals surface area contributed by atoms with E-state index in [4.69, 9.17) is 13.7 Å². The van der Waals surface area contributed by atoms with Gasteiger partial charge in [0.05, 0.1) is 7.11 Å². The van der Waals surface area contributed by atoms with Gasteiger partial charge in [0.15, 0.2) is 11.3 Å². The molecule has 5 heteroatoms. The Morgan fingerprint density at radius 1 is 0.893 bits per heavy atom. The second kappa shape index (κ2) is 5.33. The Balaban J connectivity index is 1.59. The van der Waals surface area contributed by atoms with Crippen molar-refractivity contribution in [1.29, 1.82) is 0 Å². The van der Waals surface area contributed by atoms with Crippen LogP contribution in [0.3, 0.4) is 0 Å². The Hall–Kier alpha value is -3.86. The summed E-state index contributed by atoms with van der Waals surface area (Å²) in [7, 11) is 1.59. The summed E-state index contributed by atoms with van der Waals surface area (Å²) in [4.78, 5) is 13.0. The smallest absolute Gasteiger partial charge is 0.215 e. The second-order valence-corrected chi connectivity index (χ2v) is 6.80. The van der Waals surface area contributed by atoms with Crippen molar-refractivity contribution in [3.8, 4) is 5.75 Å². The van der Waals surface area contributed by atoms with E-state index in [0.717, 1.165) is 21.5 Å². The van der Waals surface area contributed by atoms with E-state index in [1.165, 1.54) is 0 Å². The third-order valence-corrected chi connectivity index (χ3v) is 5.27. The molecule has 6 rings (SSSR count). The molecule has 0 aliphatic heterocycles. The molecule has 0 radical (unpaired) electrons. The van der Waals surface area contributed by atoms with Gasteiger partial charge in [-0.25, -0.2) is 0 Å². The predicted octanol–water partition coefficient (Wildman–Crippen LogP) is 5.56. The highest BCUT2D eigenvalue weighted by Crippen LogP contribution is 2.43. The fourth-order valence-corrected chi connectivity index (χ4v) is 3.87. The van der Waals surface area contributed by atoms with Gasteiger partial charge < -0.3 is 13.7 Å². The van der Waals surface area contributed by atoms with E-state index in [1.807, 2.05) is 12.1 Å². The van der Waals surface area contributed by atoms with Crippen LogP contribution in [-0.4, -0.2) is 18.0 Å². The lowest BCUT2D eigenvalue weighted by atomic mass is 10.00. The van der Waals surface area contributed by atoms with Gasteiger partial charge in [-0.3, -0.25) is 4.79 Å². The van der Waals surface area contributed by atoms with Crippen molar-refractivity contribution in [2.24, 2.45) is 0 Å². The maximum atomic E-state index is 13.0. The molecule has 0 N–H and O–H groups in total. The average molecular weight is 367 g/mol. The second-order valence-electron chi connectivity index (χ2n) is 6.80. The van der Waals surface area contributed by atoms with Gasteiger partial charge in [0.1, 0.15) is 16.7 Å². The van der Waals surface area contributed by atoms with E-state index in [1.54, 1.807) is 31.4 Å². The first kappa shape index (κ1) is 15.2. The van der Waals surface area contributed by atoms with E-state index in [-0.39, 0.29) is 11.5 Å². The van der Waals surface area contributed by atoms with Gasteiger partial charge in [0.25, 0.3) is 0 Å². The number of methoxy groups -OCH3 is 1. The first-order valence-corrected chi connectivity index (χ1v) is 8.89. The van der Waals surface area contributed by atoms with Crippen LogP contribution in [0.4, 0.5) is 0 Å². The topological polar surface area (TPSA) is 65.5 Å². The molecule has 0 saturated carbocycles. The molecule has 5 nitrogen and oxygen atoms in total. The summed E-state index contributed by atoms with van der Waals surface area (Å²) in [6.07, 6.45) is 0. The number of carbonyl (C=O) groups excluding carboxylic acids is 1. The molecule has 3 heterocycles. The molecule has 134 valence electrons. The van der Waals surface area contributed by atoms with Crippen LogP contribution in [0.2, 0.25) is 0 Å². The molecule has 0 saturated heterocycles. The Labute approximate surface area is 158 Å². The van der Waals surface area contributed by atoms with Crippen LogP contribution < -0.4 is 4.74 Å². The van der Waals surface area contributed by atoms with E-state index in [9.17, 15) is 4.79 Å². The zero-order valence-electron chi connectivity index (χ0n) is 14.9. The molecule has 0 unspecified atom stereocenters. The zero-order valence-corrected chi connectivity index (χ0v) is 14.9. The molecule has 3 aromatic heterocycles. The van der Waals surface area contributed by atoms with E-state index < -0.39 is 0 Å². The Morgan fingerprint density at radius 2 is 1.57 bits per heavy atom. The van der Waals surface area contributed by atoms with E-state index >= 15 is 0 Å². The average Bonchev–Trinajstić information content (AvgIpc) is 3.43. The number of furan rings is 2. The van der Waals surface area contributed by atoms with Gasteiger partial charge in [0.2, 0.25) is 11.4 Å². The van der Waals surface area contributed by atoms with Gasteiger partial charge in [0, 0.05) is 16.3 Å². The number of hydrogen-bond donors (Lipinski definition) is 0. The van der Waals surface area contributed by atoms with Crippen LogP contribution in [0.25, 0.3) is 43.7 Å². The van der Waals surface area contributed by atoms with Crippen molar-refractivity contribution in [3.05, 3.63) is 71.9 Å². The number of ether oxygens (including phenoxy) is 1. The number of aromatic nitrogens is 1. The summed E-state index contributed by atoms with van der Waals surface area (Å²) in [5.41, 5.74) is 2.58. The number of carbonyl (C=O) groups is 1. The van der Waals surface area contributed by atoms with Crippen LogP contribution in [0, 0.1) is 0 Å². The van der Waals surface area contributed by atoms with Crippen LogP contribution in [-0.2, 0) is 0 Å². The molecule has 0 atom stereocenters. The molecule has 3 aromatic carbocycles. The van der Waals surface area contributed by atoms with Gasteiger partial charge in [-0.1, -0.05) is 29.4 Å². The summed E-state index contributed by atoms with van der Waals surface area (Å²) in [5.74, 6) is 0.481. The van der Waals surface area contributed by atoms with Gasteiger partial charge in [-0.05, 0) is 47.2 Å². The summed E-state index contributed by atoms with van der Waals surface area (Å²) >= 11 is 0. The molecular weight excluding hydrogens is 354 g/mol. The summed E-state index contributed by atoms with van der Waals surface area (Å²) < 4.78 is 16.7.